The van der Waals surface area contributed by atoms with Crippen LogP contribution in [0.15, 0.2) is 54.6 Å². The molecule has 1 atom stereocenters. The molecule has 1 unspecified atom stereocenters. The van der Waals surface area contributed by atoms with Gasteiger partial charge in [0.25, 0.3) is 11.8 Å². The lowest BCUT2D eigenvalue weighted by molar-refractivity contribution is -0.125. The Morgan fingerprint density at radius 3 is 2.66 bits per heavy atom. The van der Waals surface area contributed by atoms with Crippen molar-refractivity contribution >= 4 is 23.2 Å². The molecule has 0 saturated carbocycles. The van der Waals surface area contributed by atoms with Crippen LogP contribution < -0.4 is 24.4 Å². The number of nitrogens with zero attached hydrogens (tertiary/aromatic N) is 1. The summed E-state index contributed by atoms with van der Waals surface area (Å²) in [5.74, 6) is 1.12. The molecule has 152 valence electrons. The first-order valence-corrected chi connectivity index (χ1v) is 9.21. The van der Waals surface area contributed by atoms with Gasteiger partial charge >= 0.3 is 0 Å². The largest absolute Gasteiger partial charge is 0.493 e. The Hall–Kier alpha value is -3.48. The normalized spacial score (nSPS) is 15.2. The second-order valence-electron chi connectivity index (χ2n) is 6.81. The van der Waals surface area contributed by atoms with Crippen molar-refractivity contribution in [1.29, 1.82) is 0 Å². The molecule has 2 aromatic rings. The summed E-state index contributed by atoms with van der Waals surface area (Å²) < 4.78 is 16.5. The number of nitrogens with one attached hydrogen (secondary N) is 1. The zero-order valence-electron chi connectivity index (χ0n) is 16.7. The minimum absolute atomic E-state index is 0.123. The summed E-state index contributed by atoms with van der Waals surface area (Å²) in [6.45, 7) is 7.69. The number of benzene rings is 2. The predicted octanol–water partition coefficient (Wildman–Crippen LogP) is 3.40. The number of ether oxygens (including phenoxy) is 3. The first kappa shape index (κ1) is 20.3. The maximum atomic E-state index is 12.4. The molecular formula is C22H24N2O5. The summed E-state index contributed by atoms with van der Waals surface area (Å²) in [4.78, 5) is 26.3. The van der Waals surface area contributed by atoms with E-state index in [-0.39, 0.29) is 18.4 Å². The summed E-state index contributed by atoms with van der Waals surface area (Å²) in [6.07, 6.45) is -0.610. The zero-order chi connectivity index (χ0) is 21.0. The van der Waals surface area contributed by atoms with Gasteiger partial charge in [0, 0.05) is 18.3 Å². The third-order valence-electron chi connectivity index (χ3n) is 4.31. The van der Waals surface area contributed by atoms with E-state index in [2.05, 4.69) is 11.9 Å². The molecule has 29 heavy (non-hydrogen) atoms. The molecule has 0 radical (unpaired) electrons. The fourth-order valence-corrected chi connectivity index (χ4v) is 3.00. The number of carbonyl (C=O) groups is 2. The van der Waals surface area contributed by atoms with Crippen molar-refractivity contribution in [2.45, 2.75) is 20.0 Å². The summed E-state index contributed by atoms with van der Waals surface area (Å²) in [7, 11) is 1.54. The average Bonchev–Trinajstić information content (AvgIpc) is 2.69. The minimum Gasteiger partial charge on any atom is -0.493 e. The molecule has 0 spiro atoms. The Labute approximate surface area is 169 Å². The lowest BCUT2D eigenvalue weighted by atomic mass is 10.1. The molecule has 1 aliphatic heterocycles. The van der Waals surface area contributed by atoms with Gasteiger partial charge in [0.2, 0.25) is 0 Å². The minimum atomic E-state index is -0.610. The number of amides is 2. The van der Waals surface area contributed by atoms with Crippen molar-refractivity contribution in [3.05, 3.63) is 54.6 Å². The van der Waals surface area contributed by atoms with Crippen molar-refractivity contribution in [3.63, 3.8) is 0 Å². The molecule has 2 aromatic carbocycles. The Bertz CT molecular complexity index is 941. The number of rotatable bonds is 7. The summed E-state index contributed by atoms with van der Waals surface area (Å²) in [6, 6.07) is 12.3. The monoisotopic (exact) mass is 396 g/mol. The number of para-hydroxylation sites is 2. The van der Waals surface area contributed by atoms with Gasteiger partial charge in [-0.05, 0) is 38.1 Å². The second-order valence-corrected chi connectivity index (χ2v) is 6.81. The Morgan fingerprint density at radius 1 is 1.24 bits per heavy atom. The van der Waals surface area contributed by atoms with E-state index in [0.29, 0.717) is 35.2 Å². The van der Waals surface area contributed by atoms with Crippen molar-refractivity contribution in [3.8, 4) is 17.2 Å². The van der Waals surface area contributed by atoms with E-state index < -0.39 is 6.10 Å². The van der Waals surface area contributed by atoms with Crippen molar-refractivity contribution in [1.82, 2.24) is 0 Å². The van der Waals surface area contributed by atoms with E-state index in [1.165, 1.54) is 7.11 Å². The van der Waals surface area contributed by atoms with Gasteiger partial charge in [-0.2, -0.15) is 0 Å². The summed E-state index contributed by atoms with van der Waals surface area (Å²) in [5, 5.41) is 2.78. The van der Waals surface area contributed by atoms with Gasteiger partial charge in [0.15, 0.2) is 24.2 Å². The zero-order valence-corrected chi connectivity index (χ0v) is 16.7. The Morgan fingerprint density at radius 2 is 1.97 bits per heavy atom. The molecule has 3 rings (SSSR count). The van der Waals surface area contributed by atoms with E-state index in [1.807, 2.05) is 13.0 Å². The highest BCUT2D eigenvalue weighted by Crippen LogP contribution is 2.36. The van der Waals surface area contributed by atoms with Crippen LogP contribution in [0.4, 0.5) is 11.4 Å². The van der Waals surface area contributed by atoms with Crippen LogP contribution in [0.2, 0.25) is 0 Å². The maximum Gasteiger partial charge on any atom is 0.268 e. The Kier molecular flexibility index (Phi) is 6.07. The average molecular weight is 396 g/mol. The molecular weight excluding hydrogens is 372 g/mol. The molecule has 0 bridgehead atoms. The first-order chi connectivity index (χ1) is 13.9. The van der Waals surface area contributed by atoms with Crippen LogP contribution in [0, 0.1) is 0 Å². The maximum absolute atomic E-state index is 12.4. The number of anilines is 2. The van der Waals surface area contributed by atoms with Crippen molar-refractivity contribution < 1.29 is 23.8 Å². The van der Waals surface area contributed by atoms with Gasteiger partial charge in [0.05, 0.1) is 12.8 Å². The van der Waals surface area contributed by atoms with Crippen LogP contribution in [0.1, 0.15) is 13.8 Å². The molecule has 0 fully saturated rings. The molecule has 1 aliphatic rings. The third kappa shape index (κ3) is 4.68. The highest BCUT2D eigenvalue weighted by molar-refractivity contribution is 6.01. The van der Waals surface area contributed by atoms with Crippen molar-refractivity contribution in [2.24, 2.45) is 0 Å². The molecule has 1 N–H and O–H groups in total. The molecule has 1 heterocycles. The van der Waals surface area contributed by atoms with Gasteiger partial charge in [0.1, 0.15) is 5.75 Å². The lowest BCUT2D eigenvalue weighted by Gasteiger charge is -2.33. The van der Waals surface area contributed by atoms with E-state index in [0.717, 1.165) is 5.57 Å². The topological polar surface area (TPSA) is 77.1 Å². The van der Waals surface area contributed by atoms with Gasteiger partial charge in [-0.15, -0.1) is 0 Å². The quantitative estimate of drug-likeness (QED) is 0.726. The van der Waals surface area contributed by atoms with Gasteiger partial charge < -0.3 is 24.4 Å². The first-order valence-electron chi connectivity index (χ1n) is 9.21. The highest BCUT2D eigenvalue weighted by Gasteiger charge is 2.31. The molecule has 0 aromatic heterocycles. The van der Waals surface area contributed by atoms with Crippen LogP contribution in [-0.2, 0) is 9.59 Å². The van der Waals surface area contributed by atoms with Crippen molar-refractivity contribution in [2.75, 3.05) is 30.5 Å². The summed E-state index contributed by atoms with van der Waals surface area (Å²) >= 11 is 0. The molecule has 7 heteroatoms. The third-order valence-corrected chi connectivity index (χ3v) is 4.31. The number of fused-ring (bicyclic) bond motifs is 1. The smallest absolute Gasteiger partial charge is 0.268 e. The predicted molar refractivity (Wildman–Crippen MR) is 111 cm³/mol. The van der Waals surface area contributed by atoms with E-state index >= 15 is 0 Å². The molecule has 7 nitrogen and oxygen atoms in total. The lowest BCUT2D eigenvalue weighted by Crippen LogP contribution is -2.45. The van der Waals surface area contributed by atoms with Crippen LogP contribution in [-0.4, -0.2) is 38.2 Å². The van der Waals surface area contributed by atoms with E-state index in [1.54, 1.807) is 48.2 Å². The van der Waals surface area contributed by atoms with E-state index in [4.69, 9.17) is 14.2 Å². The number of methoxy groups -OCH3 is 1. The van der Waals surface area contributed by atoms with Crippen LogP contribution >= 0.6 is 0 Å². The molecule has 0 saturated heterocycles. The van der Waals surface area contributed by atoms with Crippen LogP contribution in [0.3, 0.4) is 0 Å². The van der Waals surface area contributed by atoms with Gasteiger partial charge in [-0.1, -0.05) is 24.3 Å². The fraction of sp³-hybridized carbons (Fsp3) is 0.273. The van der Waals surface area contributed by atoms with Crippen LogP contribution in [0.5, 0.6) is 17.2 Å². The SMILES string of the molecule is C=C(C)CN1C(=O)C(C)Oc2cc(NC(=O)COc3ccccc3OC)ccc21. The molecule has 0 aliphatic carbocycles. The van der Waals surface area contributed by atoms with Crippen LogP contribution in [0.25, 0.3) is 0 Å². The Balaban J connectivity index is 1.69. The summed E-state index contributed by atoms with van der Waals surface area (Å²) in [5.41, 5.74) is 2.07. The van der Waals surface area contributed by atoms with Gasteiger partial charge in [-0.3, -0.25) is 9.59 Å². The number of hydrogen-bond acceptors (Lipinski definition) is 5. The fourth-order valence-electron chi connectivity index (χ4n) is 3.00. The molecule has 2 amide bonds. The standard InChI is InChI=1S/C22H24N2O5/c1-14(2)12-24-17-10-9-16(11-20(17)29-15(3)22(24)26)23-21(25)13-28-19-8-6-5-7-18(19)27-4/h5-11,15H,1,12-13H2,2-4H3,(H,23,25). The highest BCUT2D eigenvalue weighted by atomic mass is 16.5. The second kappa shape index (κ2) is 8.68. The number of carbonyl (C=O) groups excluding carboxylic acids is 2. The van der Waals surface area contributed by atoms with E-state index in [9.17, 15) is 9.59 Å². The number of hydrogen-bond donors (Lipinski definition) is 1. The van der Waals surface area contributed by atoms with Gasteiger partial charge in [-0.25, -0.2) is 0 Å².